The first-order valence-electron chi connectivity index (χ1n) is 5.96. The molecule has 2 nitrogen and oxygen atoms in total. The number of nitrogens with zero attached hydrogens (tertiary/aromatic N) is 1. The quantitative estimate of drug-likeness (QED) is 0.808. The van der Waals surface area contributed by atoms with Crippen LogP contribution in [0.15, 0.2) is 0 Å². The van der Waals surface area contributed by atoms with Crippen LogP contribution in [0.4, 0.5) is 13.2 Å². The Morgan fingerprint density at radius 3 is 2.31 bits per heavy atom. The summed E-state index contributed by atoms with van der Waals surface area (Å²) in [5, 5.41) is 3.27. The van der Waals surface area contributed by atoms with Gasteiger partial charge in [-0.05, 0) is 39.4 Å². The number of halogens is 3. The fourth-order valence-corrected chi connectivity index (χ4v) is 2.24. The summed E-state index contributed by atoms with van der Waals surface area (Å²) in [6, 6.07) is 0.354. The Morgan fingerprint density at radius 1 is 1.31 bits per heavy atom. The lowest BCUT2D eigenvalue weighted by Gasteiger charge is -2.34. The zero-order valence-corrected chi connectivity index (χ0v) is 9.98. The Labute approximate surface area is 95.2 Å². The molecule has 0 saturated carbocycles. The zero-order valence-electron chi connectivity index (χ0n) is 9.98. The van der Waals surface area contributed by atoms with Gasteiger partial charge >= 0.3 is 6.18 Å². The van der Waals surface area contributed by atoms with Crippen molar-refractivity contribution < 1.29 is 13.2 Å². The fourth-order valence-electron chi connectivity index (χ4n) is 2.24. The average Bonchev–Trinajstić information content (AvgIpc) is 2.17. The molecule has 16 heavy (non-hydrogen) atoms. The van der Waals surface area contributed by atoms with Crippen molar-refractivity contribution in [1.82, 2.24) is 10.2 Å². The fraction of sp³-hybridized carbons (Fsp3) is 1.00. The first-order chi connectivity index (χ1) is 7.43. The van der Waals surface area contributed by atoms with E-state index in [2.05, 4.69) is 17.1 Å². The van der Waals surface area contributed by atoms with E-state index in [1.54, 1.807) is 0 Å². The summed E-state index contributed by atoms with van der Waals surface area (Å²) in [7, 11) is 0. The van der Waals surface area contributed by atoms with Gasteiger partial charge in [-0.2, -0.15) is 13.2 Å². The molecule has 1 saturated heterocycles. The maximum absolute atomic E-state index is 12.4. The van der Waals surface area contributed by atoms with Crippen molar-refractivity contribution in [3.8, 4) is 0 Å². The Bertz CT molecular complexity index is 198. The van der Waals surface area contributed by atoms with Crippen LogP contribution in [0.1, 0.15) is 26.7 Å². The van der Waals surface area contributed by atoms with E-state index in [-0.39, 0.29) is 12.8 Å². The highest BCUT2D eigenvalue weighted by molar-refractivity contribution is 4.78. The third-order valence-corrected chi connectivity index (χ3v) is 3.14. The van der Waals surface area contributed by atoms with Crippen LogP contribution in [0.5, 0.6) is 0 Å². The van der Waals surface area contributed by atoms with E-state index in [1.165, 1.54) is 0 Å². The van der Waals surface area contributed by atoms with Gasteiger partial charge in [-0.1, -0.05) is 6.92 Å². The highest BCUT2D eigenvalue weighted by Gasteiger charge is 2.40. The first-order valence-corrected chi connectivity index (χ1v) is 5.96. The molecule has 0 aromatic rings. The van der Waals surface area contributed by atoms with Crippen LogP contribution in [-0.2, 0) is 0 Å². The Hall–Kier alpha value is -0.290. The van der Waals surface area contributed by atoms with Crippen LogP contribution in [-0.4, -0.2) is 43.3 Å². The number of piperidine rings is 1. The van der Waals surface area contributed by atoms with Crippen LogP contribution in [0.2, 0.25) is 0 Å². The molecule has 5 heteroatoms. The van der Waals surface area contributed by atoms with Crippen LogP contribution in [0.3, 0.4) is 0 Å². The Morgan fingerprint density at radius 2 is 1.88 bits per heavy atom. The van der Waals surface area contributed by atoms with Crippen molar-refractivity contribution in [3.05, 3.63) is 0 Å². The van der Waals surface area contributed by atoms with E-state index >= 15 is 0 Å². The van der Waals surface area contributed by atoms with Crippen molar-refractivity contribution in [2.24, 2.45) is 5.92 Å². The number of nitrogens with one attached hydrogen (secondary N) is 1. The predicted octanol–water partition coefficient (Wildman–Crippen LogP) is 2.26. The minimum absolute atomic E-state index is 0.252. The maximum atomic E-state index is 12.4. The van der Waals surface area contributed by atoms with Gasteiger partial charge < -0.3 is 10.2 Å². The monoisotopic (exact) mass is 238 g/mol. The highest BCUT2D eigenvalue weighted by Crippen LogP contribution is 2.33. The number of likely N-dealkylation sites (tertiary alicyclic amines) is 1. The van der Waals surface area contributed by atoms with Gasteiger partial charge in [0.2, 0.25) is 0 Å². The molecule has 0 aliphatic carbocycles. The lowest BCUT2D eigenvalue weighted by atomic mass is 9.96. The number of hydrogen-bond acceptors (Lipinski definition) is 2. The SMILES string of the molecule is CCNC(C)CN1CCC(C(F)(F)F)CC1. The number of alkyl halides is 3. The van der Waals surface area contributed by atoms with Gasteiger partial charge in [0, 0.05) is 12.6 Å². The molecule has 1 fully saturated rings. The lowest BCUT2D eigenvalue weighted by Crippen LogP contribution is -2.44. The molecule has 1 unspecified atom stereocenters. The molecular formula is C11H21F3N2. The number of rotatable bonds is 4. The van der Waals surface area contributed by atoms with E-state index in [4.69, 9.17) is 0 Å². The van der Waals surface area contributed by atoms with E-state index in [0.717, 1.165) is 13.1 Å². The van der Waals surface area contributed by atoms with E-state index in [9.17, 15) is 13.2 Å². The molecule has 0 aromatic heterocycles. The van der Waals surface area contributed by atoms with Crippen LogP contribution >= 0.6 is 0 Å². The standard InChI is InChI=1S/C11H21F3N2/c1-3-15-9(2)8-16-6-4-10(5-7-16)11(12,13)14/h9-10,15H,3-8H2,1-2H3. The molecule has 1 aliphatic rings. The van der Waals surface area contributed by atoms with E-state index < -0.39 is 12.1 Å². The summed E-state index contributed by atoms with van der Waals surface area (Å²) >= 11 is 0. The molecule has 0 amide bonds. The van der Waals surface area contributed by atoms with E-state index in [0.29, 0.717) is 19.1 Å². The van der Waals surface area contributed by atoms with Crippen molar-refractivity contribution in [2.45, 2.75) is 38.9 Å². The normalized spacial score (nSPS) is 22.3. The largest absolute Gasteiger partial charge is 0.391 e. The third kappa shape index (κ3) is 4.29. The molecule has 0 radical (unpaired) electrons. The smallest absolute Gasteiger partial charge is 0.313 e. The molecule has 0 aromatic carbocycles. The third-order valence-electron chi connectivity index (χ3n) is 3.14. The molecule has 96 valence electrons. The number of hydrogen-bond donors (Lipinski definition) is 1. The molecule has 1 rings (SSSR count). The van der Waals surface area contributed by atoms with Crippen LogP contribution in [0.25, 0.3) is 0 Å². The molecule has 1 atom stereocenters. The molecule has 0 bridgehead atoms. The minimum atomic E-state index is -4.00. The van der Waals surface area contributed by atoms with Gasteiger partial charge in [0.25, 0.3) is 0 Å². The highest BCUT2D eigenvalue weighted by atomic mass is 19.4. The molecular weight excluding hydrogens is 217 g/mol. The van der Waals surface area contributed by atoms with Gasteiger partial charge in [-0.25, -0.2) is 0 Å². The zero-order chi connectivity index (χ0) is 12.2. The second kappa shape index (κ2) is 5.87. The van der Waals surface area contributed by atoms with Crippen molar-refractivity contribution in [1.29, 1.82) is 0 Å². The topological polar surface area (TPSA) is 15.3 Å². The average molecular weight is 238 g/mol. The molecule has 0 spiro atoms. The van der Waals surface area contributed by atoms with Gasteiger partial charge in [0.15, 0.2) is 0 Å². The predicted molar refractivity (Wildman–Crippen MR) is 58.4 cm³/mol. The lowest BCUT2D eigenvalue weighted by molar-refractivity contribution is -0.185. The Kier molecular flexibility index (Phi) is 5.05. The summed E-state index contributed by atoms with van der Waals surface area (Å²) in [6.07, 6.45) is -3.50. The van der Waals surface area contributed by atoms with Gasteiger partial charge in [-0.15, -0.1) is 0 Å². The van der Waals surface area contributed by atoms with Crippen LogP contribution < -0.4 is 5.32 Å². The summed E-state index contributed by atoms with van der Waals surface area (Å²) in [6.45, 7) is 6.99. The van der Waals surface area contributed by atoms with Crippen molar-refractivity contribution in [2.75, 3.05) is 26.2 Å². The summed E-state index contributed by atoms with van der Waals surface area (Å²) in [4.78, 5) is 2.12. The second-order valence-corrected chi connectivity index (χ2v) is 4.58. The summed E-state index contributed by atoms with van der Waals surface area (Å²) in [5.41, 5.74) is 0. The van der Waals surface area contributed by atoms with Crippen molar-refractivity contribution in [3.63, 3.8) is 0 Å². The number of likely N-dealkylation sites (N-methyl/N-ethyl adjacent to an activating group) is 1. The van der Waals surface area contributed by atoms with Crippen LogP contribution in [0, 0.1) is 5.92 Å². The minimum Gasteiger partial charge on any atom is -0.313 e. The second-order valence-electron chi connectivity index (χ2n) is 4.58. The summed E-state index contributed by atoms with van der Waals surface area (Å²) in [5.74, 6) is -1.09. The van der Waals surface area contributed by atoms with Gasteiger partial charge in [0.05, 0.1) is 5.92 Å². The Balaban J connectivity index is 2.27. The van der Waals surface area contributed by atoms with Gasteiger partial charge in [0.1, 0.15) is 0 Å². The van der Waals surface area contributed by atoms with E-state index in [1.807, 2.05) is 6.92 Å². The molecule has 1 aliphatic heterocycles. The summed E-state index contributed by atoms with van der Waals surface area (Å²) < 4.78 is 37.3. The maximum Gasteiger partial charge on any atom is 0.391 e. The van der Waals surface area contributed by atoms with Crippen molar-refractivity contribution >= 4 is 0 Å². The first kappa shape index (κ1) is 13.8. The molecule has 1 N–H and O–H groups in total. The van der Waals surface area contributed by atoms with Gasteiger partial charge in [-0.3, -0.25) is 0 Å². The molecule has 1 heterocycles.